The molecule has 8 nitrogen and oxygen atoms in total. The van der Waals surface area contributed by atoms with Crippen LogP contribution in [0, 0.1) is 0 Å². The Labute approximate surface area is 111 Å². The van der Waals surface area contributed by atoms with Crippen LogP contribution in [0.5, 0.6) is 0 Å². The highest BCUT2D eigenvalue weighted by atomic mass is 16.2. The predicted molar refractivity (Wildman–Crippen MR) is 65.9 cm³/mol. The SMILES string of the molecule is CCCCn1nnnc1CN1C(=O)NC(C)(C)C1=O. The first kappa shape index (κ1) is 13.4. The molecule has 8 heteroatoms. The summed E-state index contributed by atoms with van der Waals surface area (Å²) in [4.78, 5) is 25.0. The maximum absolute atomic E-state index is 12.1. The van der Waals surface area contributed by atoms with Crippen LogP contribution < -0.4 is 5.32 Å². The van der Waals surface area contributed by atoms with Crippen molar-refractivity contribution in [3.8, 4) is 0 Å². The molecule has 1 fully saturated rings. The van der Waals surface area contributed by atoms with Crippen LogP contribution in [0.1, 0.15) is 39.4 Å². The summed E-state index contributed by atoms with van der Waals surface area (Å²) in [5.74, 6) is 0.261. The maximum atomic E-state index is 12.1. The van der Waals surface area contributed by atoms with E-state index >= 15 is 0 Å². The van der Waals surface area contributed by atoms with E-state index in [1.807, 2.05) is 0 Å². The zero-order valence-corrected chi connectivity index (χ0v) is 11.4. The number of urea groups is 1. The van der Waals surface area contributed by atoms with Gasteiger partial charge in [-0.2, -0.15) is 0 Å². The standard InChI is InChI=1S/C11H18N6O2/c1-4-5-6-17-8(13-14-15-17)7-16-9(18)11(2,3)12-10(16)19/h4-7H2,1-3H3,(H,12,19). The van der Waals surface area contributed by atoms with E-state index in [4.69, 9.17) is 0 Å². The van der Waals surface area contributed by atoms with E-state index in [9.17, 15) is 9.59 Å². The van der Waals surface area contributed by atoms with Crippen LogP contribution in [0.15, 0.2) is 0 Å². The maximum Gasteiger partial charge on any atom is 0.325 e. The summed E-state index contributed by atoms with van der Waals surface area (Å²) < 4.78 is 1.63. The smallest absolute Gasteiger partial charge is 0.324 e. The molecule has 0 atom stereocenters. The molecule has 1 saturated heterocycles. The number of nitrogens with one attached hydrogen (secondary N) is 1. The number of hydrogen-bond donors (Lipinski definition) is 1. The fourth-order valence-electron chi connectivity index (χ4n) is 1.92. The summed E-state index contributed by atoms with van der Waals surface area (Å²) >= 11 is 0. The molecule has 1 aromatic rings. The third-order valence-electron chi connectivity index (χ3n) is 3.07. The zero-order valence-electron chi connectivity index (χ0n) is 11.4. The first-order valence-corrected chi connectivity index (χ1v) is 6.35. The zero-order chi connectivity index (χ0) is 14.0. The number of rotatable bonds is 5. The van der Waals surface area contributed by atoms with Crippen molar-refractivity contribution in [1.82, 2.24) is 30.4 Å². The van der Waals surface area contributed by atoms with E-state index in [0.29, 0.717) is 12.4 Å². The summed E-state index contributed by atoms with van der Waals surface area (Å²) in [5, 5.41) is 14.0. The molecule has 0 saturated carbocycles. The van der Waals surface area contributed by atoms with Gasteiger partial charge in [0.25, 0.3) is 5.91 Å². The molecule has 0 spiro atoms. The third-order valence-corrected chi connectivity index (χ3v) is 3.07. The quantitative estimate of drug-likeness (QED) is 0.774. The largest absolute Gasteiger partial charge is 0.325 e. The second kappa shape index (κ2) is 4.94. The van der Waals surface area contributed by atoms with Gasteiger partial charge in [0.1, 0.15) is 5.54 Å². The van der Waals surface area contributed by atoms with Gasteiger partial charge in [-0.1, -0.05) is 13.3 Å². The van der Waals surface area contributed by atoms with Crippen LogP contribution in [0.4, 0.5) is 4.79 Å². The van der Waals surface area contributed by atoms with Gasteiger partial charge in [0.05, 0.1) is 6.54 Å². The average Bonchev–Trinajstić information content (AvgIpc) is 2.85. The van der Waals surface area contributed by atoms with E-state index in [1.165, 1.54) is 0 Å². The van der Waals surface area contributed by atoms with E-state index < -0.39 is 11.6 Å². The van der Waals surface area contributed by atoms with Gasteiger partial charge >= 0.3 is 6.03 Å². The number of aryl methyl sites for hydroxylation is 1. The molecule has 2 heterocycles. The third kappa shape index (κ3) is 2.56. The molecule has 104 valence electrons. The first-order chi connectivity index (χ1) is 8.95. The molecule has 0 radical (unpaired) electrons. The summed E-state index contributed by atoms with van der Waals surface area (Å²) in [6.45, 7) is 6.21. The minimum absolute atomic E-state index is 0.102. The van der Waals surface area contributed by atoms with Gasteiger partial charge in [-0.25, -0.2) is 9.48 Å². The molecule has 19 heavy (non-hydrogen) atoms. The van der Waals surface area contributed by atoms with Crippen LogP contribution in [-0.4, -0.2) is 42.6 Å². The number of hydrogen-bond acceptors (Lipinski definition) is 5. The molecular formula is C11H18N6O2. The van der Waals surface area contributed by atoms with Gasteiger partial charge in [0, 0.05) is 6.54 Å². The fourth-order valence-corrected chi connectivity index (χ4v) is 1.92. The van der Waals surface area contributed by atoms with Crippen LogP contribution in [0.25, 0.3) is 0 Å². The van der Waals surface area contributed by atoms with E-state index in [-0.39, 0.29) is 12.5 Å². The number of tetrazole rings is 1. The molecule has 3 amide bonds. The van der Waals surface area contributed by atoms with Crippen molar-refractivity contribution >= 4 is 11.9 Å². The lowest BCUT2D eigenvalue weighted by Gasteiger charge is -2.15. The van der Waals surface area contributed by atoms with Crippen LogP contribution in [-0.2, 0) is 17.9 Å². The van der Waals surface area contributed by atoms with Crippen molar-refractivity contribution in [2.45, 2.75) is 52.2 Å². The first-order valence-electron chi connectivity index (χ1n) is 6.35. The Hall–Kier alpha value is -1.99. The number of aromatic nitrogens is 4. The van der Waals surface area contributed by atoms with Gasteiger partial charge in [-0.15, -0.1) is 5.10 Å². The average molecular weight is 266 g/mol. The summed E-state index contributed by atoms with van der Waals surface area (Å²) in [7, 11) is 0. The molecule has 0 aliphatic carbocycles. The minimum Gasteiger partial charge on any atom is -0.324 e. The minimum atomic E-state index is -0.862. The van der Waals surface area contributed by atoms with Gasteiger partial charge < -0.3 is 5.32 Å². The van der Waals surface area contributed by atoms with Gasteiger partial charge in [0.2, 0.25) is 0 Å². The monoisotopic (exact) mass is 266 g/mol. The van der Waals surface area contributed by atoms with Crippen LogP contribution in [0.2, 0.25) is 0 Å². The van der Waals surface area contributed by atoms with Crippen LogP contribution in [0.3, 0.4) is 0 Å². The Bertz CT molecular complexity index is 495. The summed E-state index contributed by atoms with van der Waals surface area (Å²) in [6.07, 6.45) is 1.97. The molecular weight excluding hydrogens is 248 g/mol. The molecule has 2 rings (SSSR count). The van der Waals surface area contributed by atoms with Gasteiger partial charge in [-0.05, 0) is 30.7 Å². The Morgan fingerprint density at radius 3 is 2.63 bits per heavy atom. The molecule has 1 aliphatic heterocycles. The second-order valence-corrected chi connectivity index (χ2v) is 5.12. The van der Waals surface area contributed by atoms with E-state index in [2.05, 4.69) is 27.8 Å². The number of imide groups is 1. The molecule has 0 bridgehead atoms. The number of carbonyl (C=O) groups is 2. The van der Waals surface area contributed by atoms with Crippen molar-refractivity contribution in [3.63, 3.8) is 0 Å². The molecule has 0 unspecified atom stereocenters. The number of carbonyl (C=O) groups excluding carboxylic acids is 2. The Morgan fingerprint density at radius 1 is 1.32 bits per heavy atom. The molecule has 1 N–H and O–H groups in total. The summed E-state index contributed by atoms with van der Waals surface area (Å²) in [6, 6.07) is -0.403. The van der Waals surface area contributed by atoms with Gasteiger partial charge in [0.15, 0.2) is 5.82 Å². The highest BCUT2D eigenvalue weighted by Gasteiger charge is 2.44. The second-order valence-electron chi connectivity index (χ2n) is 5.12. The Morgan fingerprint density at radius 2 is 2.05 bits per heavy atom. The van der Waals surface area contributed by atoms with Gasteiger partial charge in [-0.3, -0.25) is 9.69 Å². The Balaban J connectivity index is 2.11. The molecule has 1 aromatic heterocycles. The predicted octanol–water partition coefficient (Wildman–Crippen LogP) is 0.304. The fraction of sp³-hybridized carbons (Fsp3) is 0.727. The highest BCUT2D eigenvalue weighted by Crippen LogP contribution is 2.18. The Kier molecular flexibility index (Phi) is 3.50. The lowest BCUT2D eigenvalue weighted by Crippen LogP contribution is -2.40. The number of nitrogens with zero attached hydrogens (tertiary/aromatic N) is 5. The van der Waals surface area contributed by atoms with Crippen molar-refractivity contribution in [2.24, 2.45) is 0 Å². The highest BCUT2D eigenvalue weighted by molar-refractivity contribution is 6.06. The van der Waals surface area contributed by atoms with Crippen molar-refractivity contribution in [2.75, 3.05) is 0 Å². The lowest BCUT2D eigenvalue weighted by atomic mass is 10.1. The van der Waals surface area contributed by atoms with Crippen molar-refractivity contribution in [3.05, 3.63) is 5.82 Å². The molecule has 1 aliphatic rings. The number of amides is 3. The summed E-state index contributed by atoms with van der Waals surface area (Å²) in [5.41, 5.74) is -0.862. The topological polar surface area (TPSA) is 93.0 Å². The van der Waals surface area contributed by atoms with E-state index in [1.54, 1.807) is 18.5 Å². The lowest BCUT2D eigenvalue weighted by molar-refractivity contribution is -0.130. The van der Waals surface area contributed by atoms with Crippen molar-refractivity contribution in [1.29, 1.82) is 0 Å². The van der Waals surface area contributed by atoms with E-state index in [0.717, 1.165) is 17.7 Å². The van der Waals surface area contributed by atoms with Crippen molar-refractivity contribution < 1.29 is 9.59 Å². The number of unbranched alkanes of at least 4 members (excludes halogenated alkanes) is 1. The normalized spacial score (nSPS) is 17.9. The van der Waals surface area contributed by atoms with Crippen LogP contribution >= 0.6 is 0 Å². The molecule has 0 aromatic carbocycles.